The molecule has 0 bridgehead atoms. The number of halogens is 3. The Morgan fingerprint density at radius 2 is 1.64 bits per heavy atom. The zero-order valence-corrected chi connectivity index (χ0v) is 13.0. The highest BCUT2D eigenvalue weighted by Gasteiger charge is 2.49. The van der Waals surface area contributed by atoms with E-state index in [1.807, 2.05) is 6.92 Å². The number of rotatable bonds is 8. The van der Waals surface area contributed by atoms with Gasteiger partial charge in [-0.15, -0.1) is 0 Å². The second-order valence-corrected chi connectivity index (χ2v) is 5.80. The Hall–Kier alpha value is -1.36. The summed E-state index contributed by atoms with van der Waals surface area (Å²) in [7, 11) is -5.93. The van der Waals surface area contributed by atoms with Gasteiger partial charge in [0.15, 0.2) is 12.2 Å². The summed E-state index contributed by atoms with van der Waals surface area (Å²) in [5, 5.41) is 0. The fourth-order valence-electron chi connectivity index (χ4n) is 1.04. The van der Waals surface area contributed by atoms with Gasteiger partial charge < -0.3 is 9.47 Å². The van der Waals surface area contributed by atoms with Crippen molar-refractivity contribution in [2.75, 3.05) is 6.61 Å². The van der Waals surface area contributed by atoms with Gasteiger partial charge in [0.1, 0.15) is 0 Å². The van der Waals surface area contributed by atoms with Gasteiger partial charge in [-0.05, 0) is 20.3 Å². The van der Waals surface area contributed by atoms with Crippen LogP contribution in [0.1, 0.15) is 33.6 Å². The SMILES string of the molecule is CCCCOC(=O)C(C)OC(=O)C(C)OS(=O)(=O)C(F)(F)F. The Morgan fingerprint density at radius 3 is 2.09 bits per heavy atom. The van der Waals surface area contributed by atoms with Crippen molar-refractivity contribution in [2.24, 2.45) is 0 Å². The van der Waals surface area contributed by atoms with Crippen LogP contribution in [0.4, 0.5) is 13.2 Å². The topological polar surface area (TPSA) is 96.0 Å². The first-order chi connectivity index (χ1) is 9.92. The van der Waals surface area contributed by atoms with E-state index in [-0.39, 0.29) is 6.61 Å². The molecule has 0 spiro atoms. The Morgan fingerprint density at radius 1 is 1.09 bits per heavy atom. The molecule has 2 atom stereocenters. The molecule has 0 radical (unpaired) electrons. The van der Waals surface area contributed by atoms with E-state index in [1.165, 1.54) is 0 Å². The van der Waals surface area contributed by atoms with Crippen molar-refractivity contribution in [2.45, 2.75) is 51.3 Å². The van der Waals surface area contributed by atoms with Crippen molar-refractivity contribution in [3.05, 3.63) is 0 Å². The summed E-state index contributed by atoms with van der Waals surface area (Å²) >= 11 is 0. The summed E-state index contributed by atoms with van der Waals surface area (Å²) in [6.07, 6.45) is -2.10. The molecule has 11 heteroatoms. The van der Waals surface area contributed by atoms with Crippen LogP contribution in [0.25, 0.3) is 0 Å². The third-order valence-corrected chi connectivity index (χ3v) is 3.36. The normalized spacial score (nSPS) is 15.0. The molecule has 0 aliphatic rings. The molecule has 0 aliphatic heterocycles. The summed E-state index contributed by atoms with van der Waals surface area (Å²) in [6, 6.07) is 0. The van der Waals surface area contributed by atoms with Crippen LogP contribution in [-0.2, 0) is 33.4 Å². The molecule has 0 heterocycles. The van der Waals surface area contributed by atoms with Gasteiger partial charge in [0, 0.05) is 0 Å². The molecule has 7 nitrogen and oxygen atoms in total. The Labute approximate surface area is 125 Å². The van der Waals surface area contributed by atoms with E-state index in [0.717, 1.165) is 20.3 Å². The second-order valence-electron chi connectivity index (χ2n) is 4.24. The summed E-state index contributed by atoms with van der Waals surface area (Å²) < 4.78 is 70.6. The van der Waals surface area contributed by atoms with Crippen LogP contribution in [0.2, 0.25) is 0 Å². The smallest absolute Gasteiger partial charge is 0.463 e. The van der Waals surface area contributed by atoms with Gasteiger partial charge in [0.25, 0.3) is 0 Å². The van der Waals surface area contributed by atoms with Crippen molar-refractivity contribution in [1.29, 1.82) is 0 Å². The molecular formula is C11H17F3O7S. The number of ether oxygens (including phenoxy) is 2. The van der Waals surface area contributed by atoms with Gasteiger partial charge in [0.05, 0.1) is 6.61 Å². The number of carbonyl (C=O) groups excluding carboxylic acids is 2. The molecule has 0 N–H and O–H groups in total. The van der Waals surface area contributed by atoms with Crippen LogP contribution in [0, 0.1) is 0 Å². The first-order valence-corrected chi connectivity index (χ1v) is 7.70. The van der Waals surface area contributed by atoms with E-state index < -0.39 is 39.8 Å². The molecular weight excluding hydrogens is 333 g/mol. The van der Waals surface area contributed by atoms with Crippen LogP contribution in [0.15, 0.2) is 0 Å². The predicted molar refractivity (Wildman–Crippen MR) is 66.9 cm³/mol. The molecule has 0 aromatic heterocycles. The van der Waals surface area contributed by atoms with Crippen LogP contribution >= 0.6 is 0 Å². The monoisotopic (exact) mass is 350 g/mol. The van der Waals surface area contributed by atoms with E-state index in [4.69, 9.17) is 4.74 Å². The average Bonchev–Trinajstić information content (AvgIpc) is 2.36. The lowest BCUT2D eigenvalue weighted by atomic mass is 10.3. The average molecular weight is 350 g/mol. The van der Waals surface area contributed by atoms with Gasteiger partial charge in [-0.3, -0.25) is 0 Å². The van der Waals surface area contributed by atoms with E-state index in [1.54, 1.807) is 0 Å². The molecule has 0 saturated heterocycles. The van der Waals surface area contributed by atoms with Gasteiger partial charge in [-0.2, -0.15) is 21.6 Å². The lowest BCUT2D eigenvalue weighted by Crippen LogP contribution is -2.36. The minimum absolute atomic E-state index is 0.103. The lowest BCUT2D eigenvalue weighted by molar-refractivity contribution is -0.170. The molecule has 22 heavy (non-hydrogen) atoms. The van der Waals surface area contributed by atoms with E-state index in [0.29, 0.717) is 6.42 Å². The highest BCUT2D eigenvalue weighted by molar-refractivity contribution is 7.87. The summed E-state index contributed by atoms with van der Waals surface area (Å²) in [5.41, 5.74) is -5.66. The summed E-state index contributed by atoms with van der Waals surface area (Å²) in [6.45, 7) is 3.85. The van der Waals surface area contributed by atoms with E-state index in [9.17, 15) is 31.2 Å². The Bertz CT molecular complexity index is 486. The number of unbranched alkanes of at least 4 members (excludes halogenated alkanes) is 1. The van der Waals surface area contributed by atoms with Crippen molar-refractivity contribution >= 4 is 22.1 Å². The maximum Gasteiger partial charge on any atom is 0.523 e. The number of alkyl halides is 3. The number of carbonyl (C=O) groups is 2. The van der Waals surface area contributed by atoms with Gasteiger partial charge in [-0.25, -0.2) is 13.8 Å². The fourth-order valence-corrected chi connectivity index (χ4v) is 1.60. The quantitative estimate of drug-likeness (QED) is 0.283. The molecule has 0 aliphatic carbocycles. The predicted octanol–water partition coefficient (Wildman–Crippen LogP) is 1.52. The lowest BCUT2D eigenvalue weighted by Gasteiger charge is -2.17. The zero-order chi connectivity index (χ0) is 17.6. The van der Waals surface area contributed by atoms with Crippen LogP contribution in [0.5, 0.6) is 0 Å². The first-order valence-electron chi connectivity index (χ1n) is 6.29. The molecule has 0 aromatic carbocycles. The van der Waals surface area contributed by atoms with Gasteiger partial charge in [-0.1, -0.05) is 13.3 Å². The van der Waals surface area contributed by atoms with Crippen molar-refractivity contribution in [1.82, 2.24) is 0 Å². The minimum atomic E-state index is -5.93. The van der Waals surface area contributed by atoms with Crippen LogP contribution in [-0.4, -0.2) is 44.7 Å². The van der Waals surface area contributed by atoms with Crippen molar-refractivity contribution in [3.8, 4) is 0 Å². The molecule has 0 saturated carbocycles. The number of esters is 2. The van der Waals surface area contributed by atoms with E-state index >= 15 is 0 Å². The standard InChI is InChI=1S/C11H17F3O7S/c1-4-5-6-19-9(15)7(2)20-10(16)8(3)21-22(17,18)11(12,13)14/h7-8H,4-6H2,1-3H3. The first kappa shape index (κ1) is 20.6. The highest BCUT2D eigenvalue weighted by atomic mass is 32.2. The van der Waals surface area contributed by atoms with Crippen molar-refractivity contribution in [3.63, 3.8) is 0 Å². The summed E-state index contributed by atoms with van der Waals surface area (Å²) in [5.74, 6) is -2.33. The van der Waals surface area contributed by atoms with E-state index in [2.05, 4.69) is 8.92 Å². The van der Waals surface area contributed by atoms with Gasteiger partial charge >= 0.3 is 27.6 Å². The molecule has 2 unspecified atom stereocenters. The maximum absolute atomic E-state index is 12.1. The molecule has 0 rings (SSSR count). The zero-order valence-electron chi connectivity index (χ0n) is 12.2. The minimum Gasteiger partial charge on any atom is -0.463 e. The maximum atomic E-state index is 12.1. The molecule has 0 fully saturated rings. The number of hydrogen-bond acceptors (Lipinski definition) is 7. The Kier molecular flexibility index (Phi) is 7.81. The largest absolute Gasteiger partial charge is 0.523 e. The van der Waals surface area contributed by atoms with Crippen molar-refractivity contribution < 1.29 is 44.8 Å². The second kappa shape index (κ2) is 8.32. The Balaban J connectivity index is 4.51. The third kappa shape index (κ3) is 6.60. The fraction of sp³-hybridized carbons (Fsp3) is 0.818. The van der Waals surface area contributed by atoms with Crippen LogP contribution in [0.3, 0.4) is 0 Å². The number of hydrogen-bond donors (Lipinski definition) is 0. The van der Waals surface area contributed by atoms with Gasteiger partial charge in [0.2, 0.25) is 0 Å². The third-order valence-electron chi connectivity index (χ3n) is 2.25. The molecule has 0 aromatic rings. The van der Waals surface area contributed by atoms with Crippen LogP contribution < -0.4 is 0 Å². The molecule has 0 amide bonds. The molecule has 130 valence electrons. The highest BCUT2D eigenvalue weighted by Crippen LogP contribution is 2.25. The summed E-state index contributed by atoms with van der Waals surface area (Å²) in [4.78, 5) is 22.8.